The van der Waals surface area contributed by atoms with Gasteiger partial charge in [-0.25, -0.2) is 0 Å². The Bertz CT molecular complexity index is 727. The van der Waals surface area contributed by atoms with E-state index in [1.165, 1.54) is 26.5 Å². The molecule has 7 nitrogen and oxygen atoms in total. The highest BCUT2D eigenvalue weighted by atomic mass is 16.6. The smallest absolute Gasteiger partial charge is 0.315 e. The zero-order valence-electron chi connectivity index (χ0n) is 13.1. The number of aryl methyl sites for hydroxylation is 1. The zero-order valence-corrected chi connectivity index (χ0v) is 13.1. The molecular formula is C16H17N3O4. The molecule has 0 heterocycles. The van der Waals surface area contributed by atoms with Gasteiger partial charge in [0.1, 0.15) is 0 Å². The topological polar surface area (TPSA) is 86.0 Å². The largest absolute Gasteiger partial charge is 0.493 e. The van der Waals surface area contributed by atoms with Crippen LogP contribution in [0.3, 0.4) is 0 Å². The monoisotopic (exact) mass is 315 g/mol. The van der Waals surface area contributed by atoms with Crippen molar-refractivity contribution in [1.82, 2.24) is 0 Å². The minimum atomic E-state index is -0.522. The van der Waals surface area contributed by atoms with Gasteiger partial charge in [-0.3, -0.25) is 15.5 Å². The normalized spacial score (nSPS) is 10.6. The summed E-state index contributed by atoms with van der Waals surface area (Å²) >= 11 is 0. The summed E-state index contributed by atoms with van der Waals surface area (Å²) in [5.41, 5.74) is 5.18. The molecule has 0 saturated heterocycles. The minimum Gasteiger partial charge on any atom is -0.493 e. The quantitative estimate of drug-likeness (QED) is 0.502. The average molecular weight is 315 g/mol. The molecule has 0 fully saturated rings. The van der Waals surface area contributed by atoms with Gasteiger partial charge in [0.2, 0.25) is 5.75 Å². The van der Waals surface area contributed by atoms with Crippen molar-refractivity contribution in [3.05, 3.63) is 57.6 Å². The molecule has 0 radical (unpaired) electrons. The predicted octanol–water partition coefficient (Wildman–Crippen LogP) is 3.37. The highest BCUT2D eigenvalue weighted by Gasteiger charge is 2.20. The first-order valence-corrected chi connectivity index (χ1v) is 6.81. The lowest BCUT2D eigenvalue weighted by Gasteiger charge is -2.08. The van der Waals surface area contributed by atoms with Gasteiger partial charge in [-0.2, -0.15) is 5.10 Å². The number of anilines is 1. The maximum absolute atomic E-state index is 11.1. The van der Waals surface area contributed by atoms with Crippen LogP contribution in [0.1, 0.15) is 11.1 Å². The molecule has 0 bridgehead atoms. The summed E-state index contributed by atoms with van der Waals surface area (Å²) in [5, 5.41) is 15.2. The second-order valence-electron chi connectivity index (χ2n) is 4.77. The summed E-state index contributed by atoms with van der Waals surface area (Å²) in [7, 11) is 2.78. The van der Waals surface area contributed by atoms with Crippen molar-refractivity contribution in [3.63, 3.8) is 0 Å². The SMILES string of the molecule is COc1cc(/C=N/Nc2ccc(C)cc2)cc([N+](=O)[O-])c1OC. The number of nitro groups is 1. The Morgan fingerprint density at radius 1 is 1.17 bits per heavy atom. The first-order chi connectivity index (χ1) is 11.0. The number of methoxy groups -OCH3 is 2. The van der Waals surface area contributed by atoms with Gasteiger partial charge in [-0.05, 0) is 25.1 Å². The predicted molar refractivity (Wildman–Crippen MR) is 88.6 cm³/mol. The second kappa shape index (κ2) is 7.26. The van der Waals surface area contributed by atoms with Crippen LogP contribution in [0.4, 0.5) is 11.4 Å². The number of hydrogen-bond donors (Lipinski definition) is 1. The van der Waals surface area contributed by atoms with Crippen LogP contribution in [-0.2, 0) is 0 Å². The van der Waals surface area contributed by atoms with Gasteiger partial charge in [-0.15, -0.1) is 0 Å². The van der Waals surface area contributed by atoms with Crippen LogP contribution in [-0.4, -0.2) is 25.4 Å². The summed E-state index contributed by atoms with van der Waals surface area (Å²) in [4.78, 5) is 10.6. The highest BCUT2D eigenvalue weighted by Crippen LogP contribution is 2.37. The molecular weight excluding hydrogens is 298 g/mol. The summed E-state index contributed by atoms with van der Waals surface area (Å²) in [6.45, 7) is 2.00. The van der Waals surface area contributed by atoms with Gasteiger partial charge in [0.05, 0.1) is 31.0 Å². The van der Waals surface area contributed by atoms with E-state index in [4.69, 9.17) is 9.47 Å². The van der Waals surface area contributed by atoms with Crippen LogP contribution in [0.5, 0.6) is 11.5 Å². The Morgan fingerprint density at radius 2 is 1.87 bits per heavy atom. The van der Waals surface area contributed by atoms with Crippen LogP contribution in [0, 0.1) is 17.0 Å². The third kappa shape index (κ3) is 3.97. The Morgan fingerprint density at radius 3 is 2.43 bits per heavy atom. The molecule has 7 heteroatoms. The van der Waals surface area contributed by atoms with Crippen molar-refractivity contribution in [2.75, 3.05) is 19.6 Å². The van der Waals surface area contributed by atoms with Gasteiger partial charge in [0.15, 0.2) is 5.75 Å². The van der Waals surface area contributed by atoms with E-state index in [0.29, 0.717) is 5.56 Å². The average Bonchev–Trinajstić information content (AvgIpc) is 2.55. The van der Waals surface area contributed by atoms with E-state index in [0.717, 1.165) is 11.3 Å². The zero-order chi connectivity index (χ0) is 16.8. The number of nitrogens with zero attached hydrogens (tertiary/aromatic N) is 2. The van der Waals surface area contributed by atoms with E-state index in [-0.39, 0.29) is 17.2 Å². The molecule has 1 N–H and O–H groups in total. The Labute approximate surface area is 133 Å². The van der Waals surface area contributed by atoms with Crippen molar-refractivity contribution in [2.45, 2.75) is 6.92 Å². The molecule has 2 rings (SSSR count). The fourth-order valence-electron chi connectivity index (χ4n) is 1.98. The number of nitro benzene ring substituents is 1. The molecule has 2 aromatic carbocycles. The molecule has 0 aliphatic rings. The van der Waals surface area contributed by atoms with E-state index < -0.39 is 4.92 Å². The van der Waals surface area contributed by atoms with Gasteiger partial charge >= 0.3 is 5.69 Å². The lowest BCUT2D eigenvalue weighted by Crippen LogP contribution is -1.99. The van der Waals surface area contributed by atoms with Crippen LogP contribution in [0.25, 0.3) is 0 Å². The van der Waals surface area contributed by atoms with Crippen LogP contribution < -0.4 is 14.9 Å². The lowest BCUT2D eigenvalue weighted by atomic mass is 10.2. The molecule has 0 aliphatic heterocycles. The lowest BCUT2D eigenvalue weighted by molar-refractivity contribution is -0.385. The summed E-state index contributed by atoms with van der Waals surface area (Å²) in [6.07, 6.45) is 1.48. The Hall–Kier alpha value is -3.09. The van der Waals surface area contributed by atoms with E-state index in [1.54, 1.807) is 6.07 Å². The van der Waals surface area contributed by atoms with E-state index >= 15 is 0 Å². The first-order valence-electron chi connectivity index (χ1n) is 6.81. The van der Waals surface area contributed by atoms with Crippen molar-refractivity contribution in [3.8, 4) is 11.5 Å². The van der Waals surface area contributed by atoms with Crippen molar-refractivity contribution < 1.29 is 14.4 Å². The number of ether oxygens (including phenoxy) is 2. The molecule has 0 aromatic heterocycles. The number of hydrazone groups is 1. The molecule has 120 valence electrons. The molecule has 0 spiro atoms. The van der Waals surface area contributed by atoms with E-state index in [1.807, 2.05) is 31.2 Å². The maximum atomic E-state index is 11.1. The Balaban J connectivity index is 2.25. The maximum Gasteiger partial charge on any atom is 0.315 e. The summed E-state index contributed by atoms with van der Waals surface area (Å²) < 4.78 is 10.2. The standard InChI is InChI=1S/C16H17N3O4/c1-11-4-6-13(7-5-11)18-17-10-12-8-14(19(20)21)16(23-3)15(9-12)22-2/h4-10,18H,1-3H3/b17-10+. The van der Waals surface area contributed by atoms with Gasteiger partial charge in [0, 0.05) is 11.6 Å². The third-order valence-corrected chi connectivity index (χ3v) is 3.14. The van der Waals surface area contributed by atoms with Crippen LogP contribution in [0.2, 0.25) is 0 Å². The second-order valence-corrected chi connectivity index (χ2v) is 4.77. The van der Waals surface area contributed by atoms with E-state index in [9.17, 15) is 10.1 Å². The van der Waals surface area contributed by atoms with Crippen molar-refractivity contribution >= 4 is 17.6 Å². The molecule has 0 amide bonds. The number of benzene rings is 2. The Kier molecular flexibility index (Phi) is 5.14. The van der Waals surface area contributed by atoms with Gasteiger partial charge in [0.25, 0.3) is 0 Å². The van der Waals surface area contributed by atoms with Crippen molar-refractivity contribution in [1.29, 1.82) is 0 Å². The summed E-state index contributed by atoms with van der Waals surface area (Å²) in [5.74, 6) is 0.361. The van der Waals surface area contributed by atoms with E-state index in [2.05, 4.69) is 10.5 Å². The molecule has 2 aromatic rings. The first kappa shape index (κ1) is 16.3. The van der Waals surface area contributed by atoms with Gasteiger partial charge < -0.3 is 9.47 Å². The minimum absolute atomic E-state index is 0.0844. The summed E-state index contributed by atoms with van der Waals surface area (Å²) in [6, 6.07) is 10.7. The fourth-order valence-corrected chi connectivity index (χ4v) is 1.98. The van der Waals surface area contributed by atoms with Gasteiger partial charge in [-0.1, -0.05) is 17.7 Å². The number of hydrogen-bond acceptors (Lipinski definition) is 6. The fraction of sp³-hybridized carbons (Fsp3) is 0.188. The molecule has 0 aliphatic carbocycles. The molecule has 23 heavy (non-hydrogen) atoms. The third-order valence-electron chi connectivity index (χ3n) is 3.14. The molecule has 0 unspecified atom stereocenters. The number of nitrogens with one attached hydrogen (secondary N) is 1. The van der Waals surface area contributed by atoms with Crippen molar-refractivity contribution in [2.24, 2.45) is 5.10 Å². The van der Waals surface area contributed by atoms with Crippen LogP contribution in [0.15, 0.2) is 41.5 Å². The highest BCUT2D eigenvalue weighted by molar-refractivity contribution is 5.83. The molecule has 0 atom stereocenters. The molecule has 0 saturated carbocycles. The van der Waals surface area contributed by atoms with Crippen LogP contribution >= 0.6 is 0 Å². The number of rotatable bonds is 6.